The van der Waals surface area contributed by atoms with Crippen molar-refractivity contribution in [2.75, 3.05) is 19.8 Å². The normalized spacial score (nSPS) is 11.8. The monoisotopic (exact) mass is 289 g/mol. The molecule has 1 amide bonds. The van der Waals surface area contributed by atoms with Crippen molar-refractivity contribution in [2.45, 2.75) is 18.7 Å². The van der Waals surface area contributed by atoms with E-state index < -0.39 is 15.9 Å². The highest BCUT2D eigenvalue weighted by Crippen LogP contribution is 2.08. The van der Waals surface area contributed by atoms with Gasteiger partial charge in [0.2, 0.25) is 10.0 Å². The minimum absolute atomic E-state index is 0.117. The molecule has 0 aliphatic rings. The molecule has 0 radical (unpaired) electrons. The Hall–Kier alpha value is -1.38. The summed E-state index contributed by atoms with van der Waals surface area (Å²) in [6.45, 7) is 5.47. The van der Waals surface area contributed by atoms with Crippen molar-refractivity contribution in [3.05, 3.63) is 18.0 Å². The number of aromatic nitrogens is 1. The number of rotatable bonds is 7. The Balaban J connectivity index is 2.40. The van der Waals surface area contributed by atoms with Crippen molar-refractivity contribution in [3.8, 4) is 0 Å². The molecule has 0 spiro atoms. The molecule has 0 atom stereocenters. The third-order valence-corrected chi connectivity index (χ3v) is 3.11. The molecule has 19 heavy (non-hydrogen) atoms. The summed E-state index contributed by atoms with van der Waals surface area (Å²) in [5, 5.41) is 7.55. The quantitative estimate of drug-likeness (QED) is 0.616. The van der Waals surface area contributed by atoms with E-state index in [9.17, 15) is 13.2 Å². The highest BCUT2D eigenvalue weighted by Gasteiger charge is 2.14. The first kappa shape index (κ1) is 15.7. The van der Waals surface area contributed by atoms with E-state index in [1.165, 1.54) is 12.3 Å². The topological polar surface area (TPSA) is 114 Å². The summed E-state index contributed by atoms with van der Waals surface area (Å²) < 4.78 is 27.4. The summed E-state index contributed by atoms with van der Waals surface area (Å²) in [5.41, 5.74) is 0.146. The van der Waals surface area contributed by atoms with Crippen LogP contribution in [-0.4, -0.2) is 39.1 Å². The molecule has 108 valence electrons. The predicted molar refractivity (Wildman–Crippen MR) is 70.2 cm³/mol. The third-order valence-electron chi connectivity index (χ3n) is 2.21. The first-order valence-electron chi connectivity index (χ1n) is 5.88. The molecule has 0 saturated carbocycles. The Morgan fingerprint density at radius 3 is 2.74 bits per heavy atom. The number of H-pyrrole nitrogens is 1. The van der Waals surface area contributed by atoms with Crippen LogP contribution < -0.4 is 10.5 Å². The summed E-state index contributed by atoms with van der Waals surface area (Å²) in [7, 11) is -3.79. The van der Waals surface area contributed by atoms with Crippen LogP contribution in [0.15, 0.2) is 17.2 Å². The Bertz CT molecular complexity index is 522. The summed E-state index contributed by atoms with van der Waals surface area (Å²) >= 11 is 0. The molecule has 0 aliphatic carbocycles. The molecule has 1 aromatic heterocycles. The fourth-order valence-electron chi connectivity index (χ4n) is 1.32. The van der Waals surface area contributed by atoms with E-state index in [2.05, 4.69) is 10.3 Å². The average Bonchev–Trinajstić information content (AvgIpc) is 2.76. The molecule has 4 N–H and O–H groups in total. The van der Waals surface area contributed by atoms with E-state index >= 15 is 0 Å². The molecule has 0 aliphatic heterocycles. The second-order valence-electron chi connectivity index (χ2n) is 4.52. The summed E-state index contributed by atoms with van der Waals surface area (Å²) in [6.07, 6.45) is 1.18. The molecular weight excluding hydrogens is 270 g/mol. The van der Waals surface area contributed by atoms with Gasteiger partial charge in [-0.3, -0.25) is 4.79 Å². The summed E-state index contributed by atoms with van der Waals surface area (Å²) in [4.78, 5) is 14.1. The Kier molecular flexibility index (Phi) is 5.52. The van der Waals surface area contributed by atoms with E-state index in [1.807, 2.05) is 13.8 Å². The lowest BCUT2D eigenvalue weighted by Crippen LogP contribution is -2.27. The third kappa shape index (κ3) is 5.41. The van der Waals surface area contributed by atoms with Crippen LogP contribution in [-0.2, 0) is 14.8 Å². The zero-order valence-electron chi connectivity index (χ0n) is 11.0. The number of carbonyl (C=O) groups is 1. The van der Waals surface area contributed by atoms with Gasteiger partial charge in [-0.15, -0.1) is 0 Å². The molecule has 0 bridgehead atoms. The van der Waals surface area contributed by atoms with Gasteiger partial charge in [-0.2, -0.15) is 0 Å². The van der Waals surface area contributed by atoms with Gasteiger partial charge in [-0.25, -0.2) is 13.6 Å². The van der Waals surface area contributed by atoms with Crippen LogP contribution in [0.5, 0.6) is 0 Å². The van der Waals surface area contributed by atoms with Crippen LogP contribution in [0.1, 0.15) is 24.3 Å². The number of nitrogens with one attached hydrogen (secondary N) is 2. The highest BCUT2D eigenvalue weighted by molar-refractivity contribution is 7.89. The van der Waals surface area contributed by atoms with Crippen molar-refractivity contribution in [1.29, 1.82) is 0 Å². The maximum absolute atomic E-state index is 11.6. The van der Waals surface area contributed by atoms with Crippen molar-refractivity contribution < 1.29 is 17.9 Å². The fourth-order valence-corrected chi connectivity index (χ4v) is 1.83. The second kappa shape index (κ2) is 6.69. The number of nitrogens with two attached hydrogens (primary N) is 1. The number of carbonyl (C=O) groups excluding carboxylic acids is 1. The second-order valence-corrected chi connectivity index (χ2v) is 6.08. The van der Waals surface area contributed by atoms with Crippen LogP contribution in [0.3, 0.4) is 0 Å². The molecule has 0 fully saturated rings. The van der Waals surface area contributed by atoms with Gasteiger partial charge in [0.05, 0.1) is 11.5 Å². The molecule has 1 rings (SSSR count). The van der Waals surface area contributed by atoms with Gasteiger partial charge in [0.15, 0.2) is 0 Å². The number of hydrogen-bond acceptors (Lipinski definition) is 4. The molecule has 0 aromatic carbocycles. The SMILES string of the molecule is CC(C)COCCNC(=O)c1cc(S(N)(=O)=O)c[nH]1. The minimum atomic E-state index is -3.79. The van der Waals surface area contributed by atoms with E-state index in [4.69, 9.17) is 9.88 Å². The Labute approximate surface area is 112 Å². The first-order valence-corrected chi connectivity index (χ1v) is 7.42. The number of aromatic amines is 1. The molecular formula is C11H19N3O4S. The van der Waals surface area contributed by atoms with Crippen molar-refractivity contribution >= 4 is 15.9 Å². The lowest BCUT2D eigenvalue weighted by Gasteiger charge is -2.07. The number of primary sulfonamides is 1. The Morgan fingerprint density at radius 1 is 1.53 bits per heavy atom. The van der Waals surface area contributed by atoms with Gasteiger partial charge >= 0.3 is 0 Å². The summed E-state index contributed by atoms with van der Waals surface area (Å²) in [5.74, 6) is 0.0412. The first-order chi connectivity index (χ1) is 8.80. The van der Waals surface area contributed by atoms with Crippen LogP contribution >= 0.6 is 0 Å². The minimum Gasteiger partial charge on any atom is -0.379 e. The van der Waals surface area contributed by atoms with E-state index in [0.29, 0.717) is 25.7 Å². The van der Waals surface area contributed by atoms with E-state index in [0.717, 1.165) is 0 Å². The van der Waals surface area contributed by atoms with Crippen molar-refractivity contribution in [2.24, 2.45) is 11.1 Å². The number of hydrogen-bond donors (Lipinski definition) is 3. The van der Waals surface area contributed by atoms with Crippen LogP contribution in [0.2, 0.25) is 0 Å². The van der Waals surface area contributed by atoms with Gasteiger partial charge in [-0.05, 0) is 12.0 Å². The van der Waals surface area contributed by atoms with Crippen LogP contribution in [0, 0.1) is 5.92 Å². The summed E-state index contributed by atoms with van der Waals surface area (Å²) in [6, 6.07) is 1.19. The molecule has 8 heteroatoms. The van der Waals surface area contributed by atoms with Gasteiger partial charge in [0.25, 0.3) is 5.91 Å². The maximum atomic E-state index is 11.6. The standard InChI is InChI=1S/C11H19N3O4S/c1-8(2)7-18-4-3-13-11(15)10-5-9(6-14-10)19(12,16)17/h5-6,8,14H,3-4,7H2,1-2H3,(H,13,15)(H2,12,16,17). The van der Waals surface area contributed by atoms with Crippen molar-refractivity contribution in [1.82, 2.24) is 10.3 Å². The van der Waals surface area contributed by atoms with Crippen LogP contribution in [0.4, 0.5) is 0 Å². The van der Waals surface area contributed by atoms with Crippen LogP contribution in [0.25, 0.3) is 0 Å². The number of amides is 1. The highest BCUT2D eigenvalue weighted by atomic mass is 32.2. The van der Waals surface area contributed by atoms with Gasteiger partial charge < -0.3 is 15.0 Å². The Morgan fingerprint density at radius 2 is 2.21 bits per heavy atom. The average molecular weight is 289 g/mol. The molecule has 0 unspecified atom stereocenters. The molecule has 1 aromatic rings. The zero-order chi connectivity index (χ0) is 14.5. The molecule has 7 nitrogen and oxygen atoms in total. The van der Waals surface area contributed by atoms with E-state index in [1.54, 1.807) is 0 Å². The van der Waals surface area contributed by atoms with Gasteiger partial charge in [0, 0.05) is 19.3 Å². The lowest BCUT2D eigenvalue weighted by molar-refractivity contribution is 0.0882. The van der Waals surface area contributed by atoms with Gasteiger partial charge in [0.1, 0.15) is 5.69 Å². The molecule has 0 saturated heterocycles. The largest absolute Gasteiger partial charge is 0.379 e. The lowest BCUT2D eigenvalue weighted by atomic mass is 10.2. The predicted octanol–water partition coefficient (Wildman–Crippen LogP) is 0.0645. The molecule has 1 heterocycles. The maximum Gasteiger partial charge on any atom is 0.267 e. The fraction of sp³-hybridized carbons (Fsp3) is 0.545. The van der Waals surface area contributed by atoms with Gasteiger partial charge in [-0.1, -0.05) is 13.8 Å². The smallest absolute Gasteiger partial charge is 0.267 e. The van der Waals surface area contributed by atoms with Crippen molar-refractivity contribution in [3.63, 3.8) is 0 Å². The number of ether oxygens (including phenoxy) is 1. The zero-order valence-corrected chi connectivity index (χ0v) is 11.8. The number of sulfonamides is 1. The van der Waals surface area contributed by atoms with E-state index in [-0.39, 0.29) is 10.6 Å².